The maximum Gasteiger partial charge on any atom is 0.254 e. The van der Waals surface area contributed by atoms with Crippen LogP contribution < -0.4 is 4.74 Å². The van der Waals surface area contributed by atoms with E-state index >= 15 is 0 Å². The third-order valence-corrected chi connectivity index (χ3v) is 4.49. The number of hydrogen-bond acceptors (Lipinski definition) is 3. The van der Waals surface area contributed by atoms with Crippen LogP contribution >= 0.6 is 0 Å². The van der Waals surface area contributed by atoms with Crippen molar-refractivity contribution in [3.63, 3.8) is 0 Å². The Morgan fingerprint density at radius 3 is 2.85 bits per heavy atom. The van der Waals surface area contributed by atoms with Gasteiger partial charge in [-0.15, -0.1) is 0 Å². The van der Waals surface area contributed by atoms with Crippen LogP contribution in [0, 0.1) is 11.6 Å². The Balaban J connectivity index is 1.61. The Hall–Kier alpha value is -2.47. The molecule has 0 N–H and O–H groups in total. The highest BCUT2D eigenvalue weighted by molar-refractivity contribution is 5.94. The first kappa shape index (κ1) is 18.3. The predicted octanol–water partition coefficient (Wildman–Crippen LogP) is 3.79. The van der Waals surface area contributed by atoms with E-state index in [0.29, 0.717) is 24.4 Å². The van der Waals surface area contributed by atoms with Crippen molar-refractivity contribution in [2.45, 2.75) is 25.6 Å². The van der Waals surface area contributed by atoms with E-state index in [0.717, 1.165) is 18.9 Å². The lowest BCUT2D eigenvalue weighted by Gasteiger charge is -2.32. The van der Waals surface area contributed by atoms with Crippen molar-refractivity contribution < 1.29 is 23.0 Å². The molecule has 0 radical (unpaired) electrons. The van der Waals surface area contributed by atoms with Crippen LogP contribution in [0.2, 0.25) is 0 Å². The van der Waals surface area contributed by atoms with Crippen molar-refractivity contribution >= 4 is 5.91 Å². The topological polar surface area (TPSA) is 38.8 Å². The third kappa shape index (κ3) is 4.19. The number of likely N-dealkylation sites (tertiary alicyclic amines) is 1. The molecule has 1 heterocycles. The summed E-state index contributed by atoms with van der Waals surface area (Å²) >= 11 is 0. The molecule has 0 bridgehead atoms. The minimum Gasteiger partial charge on any atom is -0.497 e. The van der Waals surface area contributed by atoms with E-state index in [-0.39, 0.29) is 24.2 Å². The summed E-state index contributed by atoms with van der Waals surface area (Å²) in [5, 5.41) is 0. The van der Waals surface area contributed by atoms with Gasteiger partial charge in [0, 0.05) is 24.2 Å². The first-order valence-electron chi connectivity index (χ1n) is 8.56. The van der Waals surface area contributed by atoms with Gasteiger partial charge in [-0.3, -0.25) is 4.79 Å². The Morgan fingerprint density at radius 2 is 2.04 bits per heavy atom. The minimum absolute atomic E-state index is 0.0184. The van der Waals surface area contributed by atoms with E-state index in [4.69, 9.17) is 9.47 Å². The zero-order chi connectivity index (χ0) is 18.5. The number of amides is 1. The van der Waals surface area contributed by atoms with E-state index < -0.39 is 11.6 Å². The number of hydrogen-bond donors (Lipinski definition) is 0. The van der Waals surface area contributed by atoms with Crippen LogP contribution in [0.15, 0.2) is 42.5 Å². The molecule has 1 fully saturated rings. The fraction of sp³-hybridized carbons (Fsp3) is 0.350. The van der Waals surface area contributed by atoms with Crippen LogP contribution in [0.1, 0.15) is 28.8 Å². The third-order valence-electron chi connectivity index (χ3n) is 4.49. The van der Waals surface area contributed by atoms with Crippen molar-refractivity contribution in [3.8, 4) is 5.75 Å². The number of carbonyl (C=O) groups is 1. The second-order valence-corrected chi connectivity index (χ2v) is 6.27. The van der Waals surface area contributed by atoms with Gasteiger partial charge in [0.15, 0.2) is 11.6 Å². The Labute approximate surface area is 151 Å². The van der Waals surface area contributed by atoms with Gasteiger partial charge in [0.25, 0.3) is 5.91 Å². The van der Waals surface area contributed by atoms with Crippen molar-refractivity contribution in [2.75, 3.05) is 20.2 Å². The molecule has 0 aliphatic carbocycles. The fourth-order valence-corrected chi connectivity index (χ4v) is 3.06. The first-order chi connectivity index (χ1) is 12.6. The van der Waals surface area contributed by atoms with Gasteiger partial charge in [-0.25, -0.2) is 8.78 Å². The second-order valence-electron chi connectivity index (χ2n) is 6.27. The minimum atomic E-state index is -0.885. The van der Waals surface area contributed by atoms with Crippen molar-refractivity contribution in [1.82, 2.24) is 4.90 Å². The van der Waals surface area contributed by atoms with Gasteiger partial charge in [-0.2, -0.15) is 0 Å². The van der Waals surface area contributed by atoms with E-state index in [1.807, 2.05) is 0 Å². The molecule has 138 valence electrons. The highest BCUT2D eigenvalue weighted by Gasteiger charge is 2.25. The van der Waals surface area contributed by atoms with E-state index in [1.165, 1.54) is 12.1 Å². The van der Waals surface area contributed by atoms with Crippen LogP contribution in [0.5, 0.6) is 5.75 Å². The maximum atomic E-state index is 13.7. The number of piperidine rings is 1. The number of methoxy groups -OCH3 is 1. The highest BCUT2D eigenvalue weighted by Crippen LogP contribution is 2.20. The summed E-state index contributed by atoms with van der Waals surface area (Å²) in [5.74, 6) is -1.23. The number of ether oxygens (including phenoxy) is 2. The van der Waals surface area contributed by atoms with Gasteiger partial charge < -0.3 is 14.4 Å². The number of benzene rings is 2. The number of nitrogens with zero attached hydrogens (tertiary/aromatic N) is 1. The normalized spacial score (nSPS) is 17.2. The van der Waals surface area contributed by atoms with E-state index in [9.17, 15) is 13.6 Å². The average Bonchev–Trinajstić information content (AvgIpc) is 2.69. The lowest BCUT2D eigenvalue weighted by Crippen LogP contribution is -2.43. The molecule has 0 spiro atoms. The molecule has 1 unspecified atom stereocenters. The van der Waals surface area contributed by atoms with Crippen LogP contribution in [0.3, 0.4) is 0 Å². The summed E-state index contributed by atoms with van der Waals surface area (Å²) < 4.78 is 37.9. The van der Waals surface area contributed by atoms with Gasteiger partial charge in [0.2, 0.25) is 0 Å². The molecule has 1 aliphatic heterocycles. The summed E-state index contributed by atoms with van der Waals surface area (Å²) in [5.41, 5.74) is 0.738. The van der Waals surface area contributed by atoms with Gasteiger partial charge in [0.05, 0.1) is 19.8 Å². The van der Waals surface area contributed by atoms with Gasteiger partial charge >= 0.3 is 0 Å². The van der Waals surface area contributed by atoms with Gasteiger partial charge in [-0.1, -0.05) is 18.2 Å². The number of halogens is 2. The van der Waals surface area contributed by atoms with Crippen LogP contribution in [0.4, 0.5) is 8.78 Å². The van der Waals surface area contributed by atoms with Crippen molar-refractivity contribution in [3.05, 3.63) is 65.2 Å². The summed E-state index contributed by atoms with van der Waals surface area (Å²) in [6, 6.07) is 11.0. The SMILES string of the molecule is COc1cccc(C(=O)N2CCCC(OCc3cccc(F)c3F)C2)c1. The molecule has 6 heteroatoms. The zero-order valence-electron chi connectivity index (χ0n) is 14.6. The molecule has 4 nitrogen and oxygen atoms in total. The van der Waals surface area contributed by atoms with Crippen molar-refractivity contribution in [1.29, 1.82) is 0 Å². The highest BCUT2D eigenvalue weighted by atomic mass is 19.2. The monoisotopic (exact) mass is 361 g/mol. The molecule has 2 aromatic carbocycles. The molecule has 1 atom stereocenters. The summed E-state index contributed by atoms with van der Waals surface area (Å²) in [6.45, 7) is 1.05. The molecule has 26 heavy (non-hydrogen) atoms. The largest absolute Gasteiger partial charge is 0.497 e. The maximum absolute atomic E-state index is 13.7. The Kier molecular flexibility index (Phi) is 5.83. The molecule has 1 aliphatic rings. The molecular weight excluding hydrogens is 340 g/mol. The van der Waals surface area contributed by atoms with E-state index in [1.54, 1.807) is 36.3 Å². The lowest BCUT2D eigenvalue weighted by atomic mass is 10.1. The summed E-state index contributed by atoms with van der Waals surface area (Å²) in [4.78, 5) is 14.4. The molecular formula is C20H21F2NO3. The summed E-state index contributed by atoms with van der Waals surface area (Å²) in [6.07, 6.45) is 1.37. The van der Waals surface area contributed by atoms with E-state index in [2.05, 4.69) is 0 Å². The Morgan fingerprint density at radius 1 is 1.23 bits per heavy atom. The molecule has 1 amide bonds. The standard InChI is InChI=1S/C20H21F2NO3/c1-25-16-7-2-5-14(11-16)20(24)23-10-4-8-17(12-23)26-13-15-6-3-9-18(21)19(15)22/h2-3,5-7,9,11,17H,4,8,10,12-13H2,1H3. The lowest BCUT2D eigenvalue weighted by molar-refractivity contribution is -0.00777. The quantitative estimate of drug-likeness (QED) is 0.813. The molecule has 0 saturated carbocycles. The Bertz CT molecular complexity index is 781. The molecule has 1 saturated heterocycles. The molecule has 0 aromatic heterocycles. The summed E-state index contributed by atoms with van der Waals surface area (Å²) in [7, 11) is 1.56. The molecule has 2 aromatic rings. The van der Waals surface area contributed by atoms with Crippen molar-refractivity contribution in [2.24, 2.45) is 0 Å². The van der Waals surface area contributed by atoms with Crippen LogP contribution in [-0.4, -0.2) is 37.1 Å². The number of rotatable bonds is 5. The van der Waals surface area contributed by atoms with Gasteiger partial charge in [0.1, 0.15) is 5.75 Å². The number of carbonyl (C=O) groups excluding carboxylic acids is 1. The first-order valence-corrected chi connectivity index (χ1v) is 8.56. The molecule has 3 rings (SSSR count). The second kappa shape index (κ2) is 8.27. The van der Waals surface area contributed by atoms with Crippen LogP contribution in [0.25, 0.3) is 0 Å². The zero-order valence-corrected chi connectivity index (χ0v) is 14.6. The smallest absolute Gasteiger partial charge is 0.254 e. The predicted molar refractivity (Wildman–Crippen MR) is 93.1 cm³/mol. The van der Waals surface area contributed by atoms with Gasteiger partial charge in [-0.05, 0) is 37.1 Å². The average molecular weight is 361 g/mol. The van der Waals surface area contributed by atoms with Crippen LogP contribution in [-0.2, 0) is 11.3 Å². The fourth-order valence-electron chi connectivity index (χ4n) is 3.06.